The number of imidazole rings is 1. The number of phenolic OH excluding ortho intramolecular Hbond substituents is 1. The summed E-state index contributed by atoms with van der Waals surface area (Å²) in [5, 5.41) is 14.4. The van der Waals surface area contributed by atoms with Crippen molar-refractivity contribution in [3.63, 3.8) is 0 Å². The number of para-hydroxylation sites is 2. The Hall–Kier alpha value is -2.74. The molecule has 8 heteroatoms. The first-order valence-electron chi connectivity index (χ1n) is 7.70. The predicted octanol–water partition coefficient (Wildman–Crippen LogP) is 0.780. The first-order valence-corrected chi connectivity index (χ1v) is 8.69. The van der Waals surface area contributed by atoms with E-state index in [1.54, 1.807) is 18.2 Å². The molecule has 25 heavy (non-hydrogen) atoms. The number of thioether (sulfide) groups is 1. The molecule has 6 nitrogen and oxygen atoms in total. The molecule has 0 aliphatic rings. The lowest BCUT2D eigenvalue weighted by Crippen LogP contribution is -2.20. The Morgan fingerprint density at radius 1 is 1.40 bits per heavy atom. The number of aryl methyl sites for hydroxylation is 1. The molecule has 0 saturated carbocycles. The first-order chi connectivity index (χ1) is 12.0. The molecule has 0 unspecified atom stereocenters. The summed E-state index contributed by atoms with van der Waals surface area (Å²) in [5.74, 6) is 0.0898. The van der Waals surface area contributed by atoms with E-state index in [9.17, 15) is 9.90 Å². The largest absolute Gasteiger partial charge is 0.507 e. The van der Waals surface area contributed by atoms with Gasteiger partial charge in [-0.25, -0.2) is 10.4 Å². The van der Waals surface area contributed by atoms with E-state index in [4.69, 9.17) is 0 Å². The van der Waals surface area contributed by atoms with Crippen LogP contribution in [-0.4, -0.2) is 40.4 Å². The summed E-state index contributed by atoms with van der Waals surface area (Å²) >= 11 is 1.35. The number of fused-ring (bicyclic) bond motifs is 1. The van der Waals surface area contributed by atoms with Crippen LogP contribution < -0.4 is 10.9 Å². The second-order valence-electron chi connectivity index (χ2n) is 5.59. The number of nitrogens with zero attached hydrogens (tertiary/aromatic N) is 3. The van der Waals surface area contributed by atoms with Crippen LogP contribution in [0.4, 0.5) is 0 Å². The van der Waals surface area contributed by atoms with Crippen molar-refractivity contribution in [3.8, 4) is 5.75 Å². The molecule has 2 N–H and O–H groups in total. The van der Waals surface area contributed by atoms with Crippen molar-refractivity contribution in [1.29, 1.82) is 0 Å². The number of phenols is 1. The van der Waals surface area contributed by atoms with Crippen LogP contribution in [0.2, 0.25) is 0 Å². The summed E-state index contributed by atoms with van der Waals surface area (Å²) in [7, 11) is 3.84. The van der Waals surface area contributed by atoms with Gasteiger partial charge in [0, 0.05) is 12.6 Å². The highest BCUT2D eigenvalue weighted by atomic mass is 32.2. The highest BCUT2D eigenvalue weighted by Crippen LogP contribution is 2.22. The number of carbonyl (C=O) groups excluding carboxylic acids is 1. The van der Waals surface area contributed by atoms with Gasteiger partial charge in [-0.2, -0.15) is 5.10 Å². The lowest BCUT2D eigenvalue weighted by molar-refractivity contribution is -0.118. The lowest BCUT2D eigenvalue weighted by Gasteiger charge is -2.02. The van der Waals surface area contributed by atoms with Gasteiger partial charge in [0.15, 0.2) is 5.16 Å². The van der Waals surface area contributed by atoms with Crippen molar-refractivity contribution in [1.82, 2.24) is 15.0 Å². The number of aromatic nitrogens is 2. The normalized spacial score (nSPS) is 11.2. The van der Waals surface area contributed by atoms with Crippen molar-refractivity contribution in [3.05, 3.63) is 48.0 Å². The number of carbonyl (C=O) groups is 1. The summed E-state index contributed by atoms with van der Waals surface area (Å²) in [5.41, 5.74) is 5.95. The zero-order chi connectivity index (χ0) is 17.8. The average molecular weight is 352 g/mol. The molecular weight excluding hydrogens is 335 g/mol. The van der Waals surface area contributed by atoms with Crippen LogP contribution in [0, 0.1) is 0 Å². The molecule has 1 aromatic heterocycles. The van der Waals surface area contributed by atoms with Gasteiger partial charge < -0.3 is 9.67 Å². The quantitative estimate of drug-likeness (QED) is 0.308. The van der Waals surface area contributed by atoms with Gasteiger partial charge >= 0.3 is 0 Å². The van der Waals surface area contributed by atoms with Gasteiger partial charge in [0.05, 0.1) is 23.0 Å². The monoisotopic (exact) mass is 352 g/mol. The van der Waals surface area contributed by atoms with E-state index in [0.717, 1.165) is 21.7 Å². The molecule has 0 radical (unpaired) electrons. The van der Waals surface area contributed by atoms with E-state index in [2.05, 4.69) is 15.5 Å². The summed E-state index contributed by atoms with van der Waals surface area (Å²) in [6.45, 7) is 0. The molecular formula is C17H17BN4O2S. The topological polar surface area (TPSA) is 79.5 Å². The number of nitrogens with one attached hydrogen (secondary N) is 1. The Kier molecular flexibility index (Phi) is 5.09. The van der Waals surface area contributed by atoms with Gasteiger partial charge in [-0.05, 0) is 18.2 Å². The highest BCUT2D eigenvalue weighted by molar-refractivity contribution is 7.99. The van der Waals surface area contributed by atoms with Crippen LogP contribution in [0.1, 0.15) is 5.56 Å². The molecule has 0 aliphatic heterocycles. The minimum atomic E-state index is -0.236. The molecule has 126 valence electrons. The molecule has 0 atom stereocenters. The molecule has 0 spiro atoms. The van der Waals surface area contributed by atoms with Crippen molar-refractivity contribution < 1.29 is 9.90 Å². The van der Waals surface area contributed by atoms with Crippen molar-refractivity contribution in [2.75, 3.05) is 5.75 Å². The third-order valence-electron chi connectivity index (χ3n) is 3.65. The fourth-order valence-corrected chi connectivity index (χ4v) is 3.15. The number of benzene rings is 2. The Balaban J connectivity index is 1.58. The SMILES string of the molecule is Bc1ccc(O)c(/C=N/NC(=O)CSc2nc3ccccc3n2C)c1. The first kappa shape index (κ1) is 17.1. The highest BCUT2D eigenvalue weighted by Gasteiger charge is 2.09. The fourth-order valence-electron chi connectivity index (χ4n) is 2.37. The third kappa shape index (κ3) is 4.03. The number of hydrazone groups is 1. The zero-order valence-electron chi connectivity index (χ0n) is 13.9. The van der Waals surface area contributed by atoms with E-state index in [0.29, 0.717) is 5.56 Å². The molecule has 1 heterocycles. The van der Waals surface area contributed by atoms with Gasteiger partial charge in [-0.15, -0.1) is 0 Å². The molecule has 1 amide bonds. The Morgan fingerprint density at radius 3 is 3.00 bits per heavy atom. The van der Waals surface area contributed by atoms with Crippen LogP contribution in [0.25, 0.3) is 11.0 Å². The van der Waals surface area contributed by atoms with Gasteiger partial charge in [-0.1, -0.05) is 41.5 Å². The maximum Gasteiger partial charge on any atom is 0.250 e. The summed E-state index contributed by atoms with van der Waals surface area (Å²) in [4.78, 5) is 16.4. The number of rotatable bonds is 5. The molecule has 0 bridgehead atoms. The average Bonchev–Trinajstić information content (AvgIpc) is 2.92. The number of hydrogen-bond acceptors (Lipinski definition) is 5. The number of hydrogen-bond donors (Lipinski definition) is 2. The number of aromatic hydroxyl groups is 1. The lowest BCUT2D eigenvalue weighted by atomic mass is 9.94. The second kappa shape index (κ2) is 7.44. The summed E-state index contributed by atoms with van der Waals surface area (Å²) in [6.07, 6.45) is 1.43. The Bertz CT molecular complexity index is 955. The smallest absolute Gasteiger partial charge is 0.250 e. The summed E-state index contributed by atoms with van der Waals surface area (Å²) < 4.78 is 1.96. The van der Waals surface area contributed by atoms with Gasteiger partial charge in [-0.3, -0.25) is 4.79 Å². The maximum absolute atomic E-state index is 11.9. The third-order valence-corrected chi connectivity index (χ3v) is 4.68. The predicted molar refractivity (Wildman–Crippen MR) is 103 cm³/mol. The van der Waals surface area contributed by atoms with E-state index in [1.807, 2.05) is 43.7 Å². The minimum Gasteiger partial charge on any atom is -0.507 e. The molecule has 0 saturated heterocycles. The second-order valence-corrected chi connectivity index (χ2v) is 6.53. The van der Waals surface area contributed by atoms with Gasteiger partial charge in [0.25, 0.3) is 5.91 Å². The van der Waals surface area contributed by atoms with Crippen molar-refractivity contribution in [2.24, 2.45) is 12.1 Å². The van der Waals surface area contributed by atoms with Crippen LogP contribution in [0.3, 0.4) is 0 Å². The van der Waals surface area contributed by atoms with Gasteiger partial charge in [0.2, 0.25) is 0 Å². The number of amides is 1. The van der Waals surface area contributed by atoms with E-state index >= 15 is 0 Å². The molecule has 3 rings (SSSR count). The van der Waals surface area contributed by atoms with Crippen LogP contribution in [0.5, 0.6) is 5.75 Å². The van der Waals surface area contributed by atoms with E-state index in [1.165, 1.54) is 18.0 Å². The van der Waals surface area contributed by atoms with Crippen LogP contribution >= 0.6 is 11.8 Å². The molecule has 0 fully saturated rings. The van der Waals surface area contributed by atoms with Crippen LogP contribution in [0.15, 0.2) is 52.7 Å². The van der Waals surface area contributed by atoms with Crippen molar-refractivity contribution >= 4 is 48.2 Å². The van der Waals surface area contributed by atoms with Crippen LogP contribution in [-0.2, 0) is 11.8 Å². The fraction of sp³-hybridized carbons (Fsp3) is 0.118. The van der Waals surface area contributed by atoms with E-state index < -0.39 is 0 Å². The standard InChI is InChI=1S/C17H17BN4O2S/c1-22-14-5-3-2-4-13(14)20-17(22)25-10-16(24)21-19-9-11-8-12(18)6-7-15(11)23/h2-9,23H,10,18H2,1H3,(H,21,24)/b19-9+. The van der Waals surface area contributed by atoms with Gasteiger partial charge in [0.1, 0.15) is 13.6 Å². The Labute approximate surface area is 150 Å². The minimum absolute atomic E-state index is 0.123. The van der Waals surface area contributed by atoms with Crippen molar-refractivity contribution in [2.45, 2.75) is 5.16 Å². The molecule has 0 aliphatic carbocycles. The Morgan fingerprint density at radius 2 is 2.20 bits per heavy atom. The zero-order valence-corrected chi connectivity index (χ0v) is 14.7. The van der Waals surface area contributed by atoms with E-state index in [-0.39, 0.29) is 17.4 Å². The molecule has 2 aromatic carbocycles. The molecule has 3 aromatic rings. The maximum atomic E-state index is 11.9. The summed E-state index contributed by atoms with van der Waals surface area (Å²) in [6, 6.07) is 13.0.